The van der Waals surface area contributed by atoms with Crippen molar-refractivity contribution < 1.29 is 26.7 Å². The van der Waals surface area contributed by atoms with Gasteiger partial charge >= 0.3 is 5.97 Å². The number of carboxylic acids is 1. The maximum Gasteiger partial charge on any atom is 0.328 e. The Bertz CT molecular complexity index is 1780. The summed E-state index contributed by atoms with van der Waals surface area (Å²) in [7, 11) is -7.87. The lowest BCUT2D eigenvalue weighted by atomic mass is 9.86. The van der Waals surface area contributed by atoms with Crippen LogP contribution in [0.4, 0.5) is 5.69 Å². The van der Waals surface area contributed by atoms with Crippen molar-refractivity contribution in [1.29, 1.82) is 0 Å². The molecule has 206 valence electrons. The van der Waals surface area contributed by atoms with E-state index in [1.54, 1.807) is 55.8 Å². The molecule has 2 aromatic heterocycles. The number of rotatable bonds is 7. The van der Waals surface area contributed by atoms with E-state index in [4.69, 9.17) is 23.2 Å². The Morgan fingerprint density at radius 1 is 0.949 bits per heavy atom. The van der Waals surface area contributed by atoms with E-state index in [1.807, 2.05) is 0 Å². The highest BCUT2D eigenvalue weighted by Crippen LogP contribution is 2.37. The Balaban J connectivity index is 1.89. The number of benzene rings is 2. The lowest BCUT2D eigenvalue weighted by Gasteiger charge is -2.37. The number of halogens is 2. The average Bonchev–Trinajstić information content (AvgIpc) is 3.23. The molecule has 4 aromatic rings. The second kappa shape index (κ2) is 10.1. The molecule has 0 radical (unpaired) electrons. The van der Waals surface area contributed by atoms with E-state index in [1.165, 1.54) is 36.5 Å². The first-order chi connectivity index (χ1) is 18.0. The summed E-state index contributed by atoms with van der Waals surface area (Å²) in [6.07, 6.45) is 4.05. The van der Waals surface area contributed by atoms with E-state index in [-0.39, 0.29) is 25.5 Å². The van der Waals surface area contributed by atoms with Crippen molar-refractivity contribution in [3.8, 4) is 5.82 Å². The van der Waals surface area contributed by atoms with Crippen LogP contribution >= 0.6 is 23.2 Å². The van der Waals surface area contributed by atoms with Gasteiger partial charge in [-0.25, -0.2) is 26.6 Å². The van der Waals surface area contributed by atoms with Crippen molar-refractivity contribution in [2.75, 3.05) is 10.6 Å². The summed E-state index contributed by atoms with van der Waals surface area (Å²) in [5, 5.41) is 11.0. The van der Waals surface area contributed by atoms with Crippen molar-refractivity contribution in [2.45, 2.75) is 36.6 Å². The third-order valence-electron chi connectivity index (χ3n) is 6.01. The third-order valence-corrected chi connectivity index (χ3v) is 9.31. The van der Waals surface area contributed by atoms with Gasteiger partial charge in [0, 0.05) is 34.1 Å². The molecule has 0 aliphatic rings. The highest BCUT2D eigenvalue weighted by molar-refractivity contribution is 7.93. The SMILES string of the molecule is CC(C)(C)C(C(=O)O)N(c1ccc2c(ccn2-c2ccc(S(C)(=O)=O)cn2)c1)S(=O)(=O)c1cc(Cl)cc(Cl)c1. The van der Waals surface area contributed by atoms with E-state index < -0.39 is 37.3 Å². The van der Waals surface area contributed by atoms with E-state index in [2.05, 4.69) is 4.98 Å². The molecule has 9 nitrogen and oxygen atoms in total. The van der Waals surface area contributed by atoms with E-state index in [9.17, 15) is 26.7 Å². The molecule has 1 atom stereocenters. The number of pyridine rings is 1. The number of carboxylic acid groups (broad SMARTS) is 1. The zero-order valence-corrected chi connectivity index (χ0v) is 24.5. The maximum atomic E-state index is 14.0. The smallest absolute Gasteiger partial charge is 0.328 e. The monoisotopic (exact) mass is 609 g/mol. The summed E-state index contributed by atoms with van der Waals surface area (Å²) < 4.78 is 54.1. The summed E-state index contributed by atoms with van der Waals surface area (Å²) in [6, 6.07) is 11.8. The largest absolute Gasteiger partial charge is 0.480 e. The molecule has 2 heterocycles. The van der Waals surface area contributed by atoms with Crippen LogP contribution in [0.2, 0.25) is 10.0 Å². The van der Waals surface area contributed by atoms with Gasteiger partial charge in [0.25, 0.3) is 10.0 Å². The second-order valence-corrected chi connectivity index (χ2v) is 14.8. The molecule has 0 saturated carbocycles. The van der Waals surface area contributed by atoms with Crippen LogP contribution in [-0.2, 0) is 24.7 Å². The number of carbonyl (C=O) groups is 1. The summed E-state index contributed by atoms with van der Waals surface area (Å²) in [6.45, 7) is 4.92. The van der Waals surface area contributed by atoms with Crippen LogP contribution in [0.25, 0.3) is 16.7 Å². The molecule has 4 rings (SSSR count). The van der Waals surface area contributed by atoms with Crippen molar-refractivity contribution in [3.05, 3.63) is 77.0 Å². The Morgan fingerprint density at radius 2 is 1.59 bits per heavy atom. The summed E-state index contributed by atoms with van der Waals surface area (Å²) in [5.74, 6) is -0.881. The van der Waals surface area contributed by atoms with Crippen LogP contribution in [-0.4, -0.2) is 49.8 Å². The normalized spacial score (nSPS) is 13.4. The fourth-order valence-electron chi connectivity index (χ4n) is 4.24. The number of sulfone groups is 1. The quantitative estimate of drug-likeness (QED) is 0.296. The Morgan fingerprint density at radius 3 is 2.10 bits per heavy atom. The number of aliphatic carboxylic acids is 1. The van der Waals surface area contributed by atoms with Crippen LogP contribution < -0.4 is 4.31 Å². The standard InChI is InChI=1S/C26H25Cl2N3O6S2/c1-26(2,3)24(25(32)33)31(39(36,37)21-13-17(27)12-18(28)14-21)19-5-7-22-16(11-19)9-10-30(22)23-8-6-20(15-29-23)38(4,34)35/h5-15,24H,1-4H3,(H,32,33). The summed E-state index contributed by atoms with van der Waals surface area (Å²) in [4.78, 5) is 16.6. The number of hydrogen-bond donors (Lipinski definition) is 1. The lowest BCUT2D eigenvalue weighted by molar-refractivity contribution is -0.140. The molecule has 1 N–H and O–H groups in total. The molecule has 0 aliphatic heterocycles. The number of hydrogen-bond acceptors (Lipinski definition) is 6. The van der Waals surface area contributed by atoms with Gasteiger partial charge in [-0.1, -0.05) is 44.0 Å². The van der Waals surface area contributed by atoms with Crippen LogP contribution in [0.15, 0.2) is 76.8 Å². The topological polar surface area (TPSA) is 127 Å². The Hall–Kier alpha value is -3.12. The number of anilines is 1. The molecule has 1 unspecified atom stereocenters. The predicted octanol–water partition coefficient (Wildman–Crippen LogP) is 5.43. The third kappa shape index (κ3) is 5.76. The van der Waals surface area contributed by atoms with Crippen molar-refractivity contribution in [3.63, 3.8) is 0 Å². The summed E-state index contributed by atoms with van der Waals surface area (Å²) >= 11 is 12.2. The van der Waals surface area contributed by atoms with Gasteiger partial charge in [-0.3, -0.25) is 4.31 Å². The molecule has 0 amide bonds. The minimum absolute atomic E-state index is 0.0776. The number of fused-ring (bicyclic) bond motifs is 1. The first-order valence-corrected chi connectivity index (χ1v) is 15.6. The maximum absolute atomic E-state index is 14.0. The van der Waals surface area contributed by atoms with Gasteiger partial charge < -0.3 is 9.67 Å². The number of aromatic nitrogens is 2. The average molecular weight is 611 g/mol. The minimum Gasteiger partial charge on any atom is -0.480 e. The van der Waals surface area contributed by atoms with Gasteiger partial charge in [-0.2, -0.15) is 0 Å². The van der Waals surface area contributed by atoms with Gasteiger partial charge in [0.2, 0.25) is 0 Å². The minimum atomic E-state index is -4.45. The Labute approximate surface area is 236 Å². The lowest BCUT2D eigenvalue weighted by Crippen LogP contribution is -2.52. The zero-order chi connectivity index (χ0) is 28.9. The van der Waals surface area contributed by atoms with Crippen LogP contribution in [0.3, 0.4) is 0 Å². The van der Waals surface area contributed by atoms with E-state index >= 15 is 0 Å². The molecule has 0 saturated heterocycles. The summed E-state index contributed by atoms with van der Waals surface area (Å²) in [5.41, 5.74) is -0.240. The molecule has 0 spiro atoms. The van der Waals surface area contributed by atoms with Crippen LogP contribution in [0.5, 0.6) is 0 Å². The zero-order valence-electron chi connectivity index (χ0n) is 21.3. The highest BCUT2D eigenvalue weighted by atomic mass is 35.5. The molecular weight excluding hydrogens is 585 g/mol. The van der Waals surface area contributed by atoms with Crippen molar-refractivity contribution in [2.24, 2.45) is 5.41 Å². The number of nitrogens with zero attached hydrogens (tertiary/aromatic N) is 3. The van der Waals surface area contributed by atoms with Gasteiger partial charge in [0.15, 0.2) is 9.84 Å². The first-order valence-electron chi connectivity index (χ1n) is 11.5. The first kappa shape index (κ1) is 28.9. The fourth-order valence-corrected chi connectivity index (χ4v) is 7.31. The van der Waals surface area contributed by atoms with Gasteiger partial charge in [-0.15, -0.1) is 0 Å². The molecule has 0 bridgehead atoms. The van der Waals surface area contributed by atoms with Crippen molar-refractivity contribution in [1.82, 2.24) is 9.55 Å². The van der Waals surface area contributed by atoms with Crippen molar-refractivity contribution >= 4 is 65.6 Å². The molecule has 13 heteroatoms. The van der Waals surface area contributed by atoms with Gasteiger partial charge in [0.05, 0.1) is 21.0 Å². The molecule has 39 heavy (non-hydrogen) atoms. The molecule has 0 fully saturated rings. The molecule has 2 aromatic carbocycles. The Kier molecular flexibility index (Phi) is 7.50. The molecular formula is C26H25Cl2N3O6S2. The number of sulfonamides is 1. The highest BCUT2D eigenvalue weighted by Gasteiger charge is 2.43. The van der Waals surface area contributed by atoms with E-state index in [0.29, 0.717) is 16.7 Å². The second-order valence-electron chi connectivity index (χ2n) is 10.1. The van der Waals surface area contributed by atoms with Crippen LogP contribution in [0.1, 0.15) is 20.8 Å². The van der Waals surface area contributed by atoms with Gasteiger partial charge in [-0.05, 0) is 60.0 Å². The predicted molar refractivity (Wildman–Crippen MR) is 151 cm³/mol. The van der Waals surface area contributed by atoms with Crippen LogP contribution in [0, 0.1) is 5.41 Å². The van der Waals surface area contributed by atoms with Gasteiger partial charge in [0.1, 0.15) is 11.9 Å². The fraction of sp³-hybridized carbons (Fsp3) is 0.231. The molecule has 0 aliphatic carbocycles. The van der Waals surface area contributed by atoms with E-state index in [0.717, 1.165) is 10.6 Å².